The zero-order valence-corrected chi connectivity index (χ0v) is 10.2. The van der Waals surface area contributed by atoms with E-state index in [1.807, 2.05) is 19.2 Å². The lowest BCUT2D eigenvalue weighted by Crippen LogP contribution is -2.30. The summed E-state index contributed by atoms with van der Waals surface area (Å²) in [6, 6.07) is 6.99. The number of hydrogen-bond acceptors (Lipinski definition) is 2. The van der Waals surface area contributed by atoms with Gasteiger partial charge in [-0.2, -0.15) is 0 Å². The van der Waals surface area contributed by atoms with Crippen molar-refractivity contribution in [1.29, 1.82) is 0 Å². The van der Waals surface area contributed by atoms with Gasteiger partial charge in [0.15, 0.2) is 0 Å². The third kappa shape index (κ3) is 3.05. The molecule has 1 aliphatic rings. The Labute approximate surface area is 102 Å². The molecule has 2 nitrogen and oxygen atoms in total. The zero-order valence-electron chi connectivity index (χ0n) is 10.2. The Morgan fingerprint density at radius 2 is 1.76 bits per heavy atom. The molecule has 17 heavy (non-hydrogen) atoms. The Morgan fingerprint density at radius 1 is 1.18 bits per heavy atom. The summed E-state index contributed by atoms with van der Waals surface area (Å²) < 4.78 is 12.9. The van der Waals surface area contributed by atoms with E-state index in [9.17, 15) is 9.50 Å². The smallest absolute Gasteiger partial charge is 0.123 e. The van der Waals surface area contributed by atoms with Crippen molar-refractivity contribution in [3.05, 3.63) is 35.6 Å². The fraction of sp³-hybridized carbons (Fsp3) is 0.571. The molecule has 1 saturated carbocycles. The molecule has 0 aliphatic heterocycles. The Balaban J connectivity index is 2.08. The molecule has 94 valence electrons. The monoisotopic (exact) mass is 237 g/mol. The third-order valence-electron chi connectivity index (χ3n) is 3.75. The van der Waals surface area contributed by atoms with Crippen LogP contribution < -0.4 is 5.32 Å². The van der Waals surface area contributed by atoms with E-state index in [2.05, 4.69) is 5.32 Å². The number of rotatable bonds is 3. The van der Waals surface area contributed by atoms with Gasteiger partial charge in [-0.25, -0.2) is 4.39 Å². The van der Waals surface area contributed by atoms with Gasteiger partial charge in [-0.05, 0) is 56.3 Å². The van der Waals surface area contributed by atoms with Crippen molar-refractivity contribution in [3.63, 3.8) is 0 Å². The zero-order chi connectivity index (χ0) is 12.3. The molecule has 0 radical (unpaired) electrons. The van der Waals surface area contributed by atoms with Gasteiger partial charge in [-0.3, -0.25) is 0 Å². The summed E-state index contributed by atoms with van der Waals surface area (Å²) >= 11 is 0. The quantitative estimate of drug-likeness (QED) is 0.847. The second-order valence-electron chi connectivity index (χ2n) is 4.89. The Morgan fingerprint density at radius 3 is 2.29 bits per heavy atom. The van der Waals surface area contributed by atoms with Gasteiger partial charge in [-0.15, -0.1) is 0 Å². The molecule has 1 aliphatic carbocycles. The highest BCUT2D eigenvalue weighted by Gasteiger charge is 2.26. The van der Waals surface area contributed by atoms with Crippen LogP contribution in [0.3, 0.4) is 0 Å². The molecule has 1 fully saturated rings. The minimum absolute atomic E-state index is 0.128. The van der Waals surface area contributed by atoms with E-state index in [1.54, 1.807) is 0 Å². The molecule has 1 aromatic carbocycles. The second kappa shape index (κ2) is 5.61. The van der Waals surface area contributed by atoms with Gasteiger partial charge in [0.1, 0.15) is 5.82 Å². The van der Waals surface area contributed by atoms with E-state index in [0.717, 1.165) is 31.2 Å². The molecule has 0 heterocycles. The normalized spacial score (nSPS) is 26.8. The van der Waals surface area contributed by atoms with Crippen molar-refractivity contribution >= 4 is 0 Å². The first-order valence-electron chi connectivity index (χ1n) is 6.31. The SMILES string of the molecule is CNC(c1ccc(F)cc1)C1CCC(O)CC1. The topological polar surface area (TPSA) is 32.3 Å². The van der Waals surface area contributed by atoms with Crippen molar-refractivity contribution in [1.82, 2.24) is 5.32 Å². The summed E-state index contributed by atoms with van der Waals surface area (Å²) in [5.41, 5.74) is 1.13. The molecule has 0 bridgehead atoms. The Bertz CT molecular complexity index is 344. The van der Waals surface area contributed by atoms with E-state index < -0.39 is 0 Å². The second-order valence-corrected chi connectivity index (χ2v) is 4.89. The van der Waals surface area contributed by atoms with Gasteiger partial charge in [0.25, 0.3) is 0 Å². The van der Waals surface area contributed by atoms with Crippen LogP contribution in [0.4, 0.5) is 4.39 Å². The lowest BCUT2D eigenvalue weighted by molar-refractivity contribution is 0.0981. The summed E-state index contributed by atoms with van der Waals surface area (Å²) in [4.78, 5) is 0. The largest absolute Gasteiger partial charge is 0.393 e. The number of nitrogens with one attached hydrogen (secondary N) is 1. The lowest BCUT2D eigenvalue weighted by Gasteiger charge is -2.32. The number of hydrogen-bond donors (Lipinski definition) is 2. The highest BCUT2D eigenvalue weighted by atomic mass is 19.1. The average molecular weight is 237 g/mol. The molecule has 2 N–H and O–H groups in total. The van der Waals surface area contributed by atoms with Crippen molar-refractivity contribution < 1.29 is 9.50 Å². The van der Waals surface area contributed by atoms with Crippen LogP contribution in [0, 0.1) is 11.7 Å². The summed E-state index contributed by atoms with van der Waals surface area (Å²) in [6.07, 6.45) is 3.69. The molecule has 1 unspecified atom stereocenters. The van der Waals surface area contributed by atoms with Crippen LogP contribution in [0.1, 0.15) is 37.3 Å². The van der Waals surface area contributed by atoms with Gasteiger partial charge < -0.3 is 10.4 Å². The first-order valence-corrected chi connectivity index (χ1v) is 6.31. The first kappa shape index (κ1) is 12.5. The van der Waals surface area contributed by atoms with Crippen LogP contribution in [0.2, 0.25) is 0 Å². The minimum atomic E-state index is -0.192. The maximum Gasteiger partial charge on any atom is 0.123 e. The molecule has 0 aromatic heterocycles. The van der Waals surface area contributed by atoms with Crippen LogP contribution >= 0.6 is 0 Å². The predicted octanol–water partition coefficient (Wildman–Crippen LogP) is 2.64. The van der Waals surface area contributed by atoms with E-state index in [-0.39, 0.29) is 18.0 Å². The Kier molecular flexibility index (Phi) is 4.13. The van der Waals surface area contributed by atoms with Crippen molar-refractivity contribution in [2.75, 3.05) is 7.05 Å². The summed E-state index contributed by atoms with van der Waals surface area (Å²) in [6.45, 7) is 0. The van der Waals surface area contributed by atoms with Gasteiger partial charge in [-0.1, -0.05) is 12.1 Å². The third-order valence-corrected chi connectivity index (χ3v) is 3.75. The molecule has 0 saturated heterocycles. The lowest BCUT2D eigenvalue weighted by atomic mass is 9.80. The first-order chi connectivity index (χ1) is 8.20. The summed E-state index contributed by atoms with van der Waals surface area (Å²) in [5.74, 6) is 0.344. The van der Waals surface area contributed by atoms with E-state index in [4.69, 9.17) is 0 Å². The highest BCUT2D eigenvalue weighted by molar-refractivity contribution is 5.20. The van der Waals surface area contributed by atoms with Crippen LogP contribution in [-0.4, -0.2) is 18.3 Å². The van der Waals surface area contributed by atoms with Crippen LogP contribution in [0.5, 0.6) is 0 Å². The van der Waals surface area contributed by atoms with Crippen molar-refractivity contribution in [3.8, 4) is 0 Å². The fourth-order valence-corrected chi connectivity index (χ4v) is 2.78. The van der Waals surface area contributed by atoms with Gasteiger partial charge >= 0.3 is 0 Å². The molecular formula is C14H20FNO. The molecular weight excluding hydrogens is 217 g/mol. The standard InChI is InChI=1S/C14H20FNO/c1-16-14(10-2-6-12(15)7-3-10)11-4-8-13(17)9-5-11/h2-3,6-7,11,13-14,16-17H,4-5,8-9H2,1H3. The fourth-order valence-electron chi connectivity index (χ4n) is 2.78. The summed E-state index contributed by atoms with van der Waals surface area (Å²) in [7, 11) is 1.94. The Hall–Kier alpha value is -0.930. The molecule has 0 amide bonds. The van der Waals surface area contributed by atoms with Crippen molar-refractivity contribution in [2.45, 2.75) is 37.8 Å². The van der Waals surface area contributed by atoms with Gasteiger partial charge in [0, 0.05) is 6.04 Å². The van der Waals surface area contributed by atoms with Crippen molar-refractivity contribution in [2.24, 2.45) is 5.92 Å². The maximum absolute atomic E-state index is 12.9. The number of aliphatic hydroxyl groups is 1. The molecule has 1 atom stereocenters. The number of aliphatic hydroxyl groups excluding tert-OH is 1. The van der Waals surface area contributed by atoms with Gasteiger partial charge in [0.2, 0.25) is 0 Å². The molecule has 2 rings (SSSR count). The highest BCUT2D eigenvalue weighted by Crippen LogP contribution is 2.34. The number of halogens is 1. The minimum Gasteiger partial charge on any atom is -0.393 e. The van der Waals surface area contributed by atoms with Crippen LogP contribution in [-0.2, 0) is 0 Å². The number of benzene rings is 1. The predicted molar refractivity (Wildman–Crippen MR) is 66.2 cm³/mol. The molecule has 1 aromatic rings. The van der Waals surface area contributed by atoms with E-state index in [0.29, 0.717) is 5.92 Å². The summed E-state index contributed by atoms with van der Waals surface area (Å²) in [5, 5.41) is 12.8. The van der Waals surface area contributed by atoms with E-state index in [1.165, 1.54) is 12.1 Å². The maximum atomic E-state index is 12.9. The van der Waals surface area contributed by atoms with Crippen LogP contribution in [0.15, 0.2) is 24.3 Å². The van der Waals surface area contributed by atoms with Gasteiger partial charge in [0.05, 0.1) is 6.10 Å². The average Bonchev–Trinajstić information content (AvgIpc) is 2.35. The molecule has 0 spiro atoms. The van der Waals surface area contributed by atoms with E-state index >= 15 is 0 Å². The van der Waals surface area contributed by atoms with Crippen LogP contribution in [0.25, 0.3) is 0 Å². The molecule has 3 heteroatoms.